The van der Waals surface area contributed by atoms with Gasteiger partial charge in [0.05, 0.1) is 24.1 Å². The van der Waals surface area contributed by atoms with Gasteiger partial charge in [0.25, 0.3) is 0 Å². The average molecular weight is 517 g/mol. The van der Waals surface area contributed by atoms with E-state index >= 15 is 0 Å². The molecule has 2 heterocycles. The van der Waals surface area contributed by atoms with Crippen molar-refractivity contribution >= 4 is 10.0 Å². The summed E-state index contributed by atoms with van der Waals surface area (Å²) >= 11 is 0. The Morgan fingerprint density at radius 1 is 0.944 bits per heavy atom. The molecule has 4 aromatic rings. The molecule has 0 amide bonds. The second-order valence-electron chi connectivity index (χ2n) is 7.98. The summed E-state index contributed by atoms with van der Waals surface area (Å²) in [4.78, 5) is 8.49. The molecule has 0 N–H and O–H groups in total. The first-order valence-electron chi connectivity index (χ1n) is 10.9. The molecule has 0 aliphatic rings. The highest BCUT2D eigenvalue weighted by atomic mass is 32.2. The van der Waals surface area contributed by atoms with E-state index in [4.69, 9.17) is 4.74 Å². The summed E-state index contributed by atoms with van der Waals surface area (Å²) in [5.74, 6) is 0.968. The molecule has 0 spiro atoms. The molecule has 2 aromatic heterocycles. The van der Waals surface area contributed by atoms with E-state index in [0.29, 0.717) is 22.7 Å². The van der Waals surface area contributed by atoms with Gasteiger partial charge in [-0.05, 0) is 53.6 Å². The summed E-state index contributed by atoms with van der Waals surface area (Å²) in [5.41, 5.74) is 0.583. The van der Waals surface area contributed by atoms with Crippen LogP contribution in [0.3, 0.4) is 0 Å². The van der Waals surface area contributed by atoms with Gasteiger partial charge < -0.3 is 9.30 Å². The molecule has 2 aromatic carbocycles. The van der Waals surface area contributed by atoms with Crippen LogP contribution < -0.4 is 4.74 Å². The second kappa shape index (κ2) is 10.5. The predicted molar refractivity (Wildman–Crippen MR) is 126 cm³/mol. The van der Waals surface area contributed by atoms with Gasteiger partial charge in [-0.2, -0.15) is 17.5 Å². The molecule has 0 bridgehead atoms. The first-order valence-corrected chi connectivity index (χ1v) is 12.3. The van der Waals surface area contributed by atoms with E-state index in [1.54, 1.807) is 47.4 Å². The highest BCUT2D eigenvalue weighted by Crippen LogP contribution is 2.29. The maximum absolute atomic E-state index is 13.6. The number of rotatable bonds is 9. The van der Waals surface area contributed by atoms with Crippen molar-refractivity contribution in [2.24, 2.45) is 0 Å². The summed E-state index contributed by atoms with van der Waals surface area (Å²) < 4.78 is 74.0. The highest BCUT2D eigenvalue weighted by molar-refractivity contribution is 7.89. The third-order valence-corrected chi connectivity index (χ3v) is 7.34. The van der Waals surface area contributed by atoms with Crippen LogP contribution in [0.25, 0.3) is 0 Å². The number of sulfonamides is 1. The van der Waals surface area contributed by atoms with Gasteiger partial charge in [-0.1, -0.05) is 18.2 Å². The number of alkyl halides is 3. The number of nitrogens with zero attached hydrogens (tertiary/aromatic N) is 4. The number of ether oxygens (including phenoxy) is 1. The van der Waals surface area contributed by atoms with Crippen LogP contribution in [-0.2, 0) is 35.8 Å². The van der Waals surface area contributed by atoms with Crippen molar-refractivity contribution < 1.29 is 26.3 Å². The van der Waals surface area contributed by atoms with Crippen molar-refractivity contribution in [2.45, 2.75) is 30.7 Å². The minimum Gasteiger partial charge on any atom is -0.497 e. The number of imidazole rings is 1. The van der Waals surface area contributed by atoms with E-state index in [-0.39, 0.29) is 24.5 Å². The van der Waals surface area contributed by atoms with Crippen LogP contribution in [-0.4, -0.2) is 34.4 Å². The van der Waals surface area contributed by atoms with E-state index in [1.807, 2.05) is 0 Å². The van der Waals surface area contributed by atoms with Crippen LogP contribution in [0.1, 0.15) is 22.5 Å². The molecule has 11 heteroatoms. The first-order chi connectivity index (χ1) is 17.2. The molecular formula is C25H23F3N4O3S. The summed E-state index contributed by atoms with van der Waals surface area (Å²) in [6.07, 6.45) is 1.96. The lowest BCUT2D eigenvalue weighted by Crippen LogP contribution is -2.31. The van der Waals surface area contributed by atoms with Gasteiger partial charge >= 0.3 is 6.18 Å². The summed E-state index contributed by atoms with van der Waals surface area (Å²) in [7, 11) is -2.45. The molecule has 0 radical (unpaired) electrons. The van der Waals surface area contributed by atoms with Gasteiger partial charge in [0, 0.05) is 37.9 Å². The molecule has 188 valence electrons. The monoisotopic (exact) mass is 516 g/mol. The quantitative estimate of drug-likeness (QED) is 0.321. The molecular weight excluding hydrogens is 493 g/mol. The number of hydrogen-bond donors (Lipinski definition) is 0. The summed E-state index contributed by atoms with van der Waals surface area (Å²) in [6, 6.07) is 14.4. The lowest BCUT2D eigenvalue weighted by Gasteiger charge is -2.23. The number of methoxy groups -OCH3 is 1. The van der Waals surface area contributed by atoms with Crippen LogP contribution in [0.15, 0.2) is 90.3 Å². The standard InChI is InChI=1S/C25H23F3N4O3S/c1-35-22-8-10-23(11-9-22)36(33,34)32(17-20-3-2-12-29-15-20)18-24-30-13-14-31(24)16-19-4-6-21(7-5-19)25(26,27)28/h2-15H,16-18H2,1H3. The smallest absolute Gasteiger partial charge is 0.416 e. The Balaban J connectivity index is 1.62. The zero-order chi connectivity index (χ0) is 25.8. The van der Waals surface area contributed by atoms with Crippen molar-refractivity contribution in [3.8, 4) is 5.75 Å². The third kappa shape index (κ3) is 5.92. The Labute approximate surface area is 206 Å². The van der Waals surface area contributed by atoms with Crippen LogP contribution in [0.5, 0.6) is 5.75 Å². The van der Waals surface area contributed by atoms with Gasteiger partial charge in [-0.15, -0.1) is 0 Å². The third-order valence-electron chi connectivity index (χ3n) is 5.53. The number of halogens is 3. The van der Waals surface area contributed by atoms with Crippen LogP contribution in [0, 0.1) is 0 Å². The Morgan fingerprint density at radius 3 is 2.28 bits per heavy atom. The minimum atomic E-state index is -4.42. The normalized spacial score (nSPS) is 12.1. The predicted octanol–water partition coefficient (Wildman–Crippen LogP) is 4.74. The van der Waals surface area contributed by atoms with E-state index in [0.717, 1.165) is 12.1 Å². The molecule has 36 heavy (non-hydrogen) atoms. The molecule has 0 saturated heterocycles. The molecule has 0 fully saturated rings. The minimum absolute atomic E-state index is 0.0509. The van der Waals surface area contributed by atoms with Gasteiger partial charge in [0.1, 0.15) is 11.6 Å². The Kier molecular flexibility index (Phi) is 7.41. The van der Waals surface area contributed by atoms with E-state index in [2.05, 4.69) is 9.97 Å². The van der Waals surface area contributed by atoms with Crippen molar-refractivity contribution in [1.29, 1.82) is 0 Å². The molecule has 0 unspecified atom stereocenters. The second-order valence-corrected chi connectivity index (χ2v) is 9.91. The summed E-state index contributed by atoms with van der Waals surface area (Å²) in [5, 5.41) is 0. The van der Waals surface area contributed by atoms with Gasteiger partial charge in [-0.25, -0.2) is 13.4 Å². The number of pyridine rings is 1. The lowest BCUT2D eigenvalue weighted by molar-refractivity contribution is -0.137. The maximum atomic E-state index is 13.6. The Hall–Kier alpha value is -3.70. The van der Waals surface area contributed by atoms with Crippen molar-refractivity contribution in [3.05, 3.63) is 108 Å². The molecule has 0 saturated carbocycles. The van der Waals surface area contributed by atoms with Crippen LogP contribution in [0.4, 0.5) is 13.2 Å². The number of aromatic nitrogens is 3. The zero-order valence-corrected chi connectivity index (χ0v) is 20.1. The molecule has 4 rings (SSSR count). The van der Waals surface area contributed by atoms with E-state index in [1.165, 1.54) is 41.9 Å². The largest absolute Gasteiger partial charge is 0.497 e. The first kappa shape index (κ1) is 25.4. The highest BCUT2D eigenvalue weighted by Gasteiger charge is 2.30. The van der Waals surface area contributed by atoms with Crippen molar-refractivity contribution in [2.75, 3.05) is 7.11 Å². The van der Waals surface area contributed by atoms with Gasteiger partial charge in [-0.3, -0.25) is 4.98 Å². The molecule has 7 nitrogen and oxygen atoms in total. The van der Waals surface area contributed by atoms with Gasteiger partial charge in [0.2, 0.25) is 10.0 Å². The fourth-order valence-corrected chi connectivity index (χ4v) is 4.99. The maximum Gasteiger partial charge on any atom is 0.416 e. The van der Waals surface area contributed by atoms with Crippen molar-refractivity contribution in [3.63, 3.8) is 0 Å². The van der Waals surface area contributed by atoms with Crippen LogP contribution >= 0.6 is 0 Å². The molecule has 0 aliphatic heterocycles. The van der Waals surface area contributed by atoms with E-state index < -0.39 is 21.8 Å². The Morgan fingerprint density at radius 2 is 1.67 bits per heavy atom. The fraction of sp³-hybridized carbons (Fsp3) is 0.200. The van der Waals surface area contributed by atoms with Gasteiger partial charge in [0.15, 0.2) is 0 Å². The molecule has 0 aliphatic carbocycles. The zero-order valence-electron chi connectivity index (χ0n) is 19.3. The Bertz CT molecular complexity index is 1390. The van der Waals surface area contributed by atoms with Crippen LogP contribution in [0.2, 0.25) is 0 Å². The van der Waals surface area contributed by atoms with E-state index in [9.17, 15) is 21.6 Å². The lowest BCUT2D eigenvalue weighted by atomic mass is 10.1. The summed E-state index contributed by atoms with van der Waals surface area (Å²) in [6.45, 7) is 0.225. The average Bonchev–Trinajstić information content (AvgIpc) is 3.30. The SMILES string of the molecule is COc1ccc(S(=O)(=O)N(Cc2cccnc2)Cc2nccn2Cc2ccc(C(F)(F)F)cc2)cc1. The topological polar surface area (TPSA) is 77.3 Å². The fourth-order valence-electron chi connectivity index (χ4n) is 3.61. The van der Waals surface area contributed by atoms with Crippen molar-refractivity contribution in [1.82, 2.24) is 18.8 Å². The molecule has 0 atom stereocenters. The number of hydrogen-bond acceptors (Lipinski definition) is 5. The number of benzene rings is 2.